The number of likely N-dealkylation sites (N-methyl/N-ethyl adjacent to an activating group) is 1. The summed E-state index contributed by atoms with van der Waals surface area (Å²) >= 11 is 0. The lowest BCUT2D eigenvalue weighted by atomic mass is 10.1. The molecule has 0 aliphatic carbocycles. The second-order valence-electron chi connectivity index (χ2n) is 4.65. The number of para-hydroxylation sites is 1. The monoisotopic (exact) mass is 257 g/mol. The Kier molecular flexibility index (Phi) is 2.95. The molecule has 0 saturated carbocycles. The van der Waals surface area contributed by atoms with Crippen molar-refractivity contribution >= 4 is 5.91 Å². The summed E-state index contributed by atoms with van der Waals surface area (Å²) in [5.41, 5.74) is 1.09. The zero-order valence-electron chi connectivity index (χ0n) is 10.7. The summed E-state index contributed by atoms with van der Waals surface area (Å²) in [6, 6.07) is 7.77. The number of hydrogen-bond donors (Lipinski definition) is 1. The molecule has 0 fully saturated rings. The highest BCUT2D eigenvalue weighted by Crippen LogP contribution is 2.28. The van der Waals surface area contributed by atoms with E-state index in [0.29, 0.717) is 13.0 Å². The third kappa shape index (κ3) is 2.31. The number of carbonyl (C=O) groups is 1. The molecule has 5 heteroatoms. The van der Waals surface area contributed by atoms with Crippen LogP contribution in [-0.4, -0.2) is 33.9 Å². The maximum absolute atomic E-state index is 12.3. The topological polar surface area (TPSA) is 58.2 Å². The van der Waals surface area contributed by atoms with E-state index in [-0.39, 0.29) is 5.91 Å². The highest BCUT2D eigenvalue weighted by Gasteiger charge is 2.31. The van der Waals surface area contributed by atoms with Crippen molar-refractivity contribution in [1.82, 2.24) is 14.9 Å². The Labute approximate surface area is 111 Å². The van der Waals surface area contributed by atoms with Gasteiger partial charge in [0.1, 0.15) is 11.6 Å². The van der Waals surface area contributed by atoms with Crippen LogP contribution in [0.15, 0.2) is 36.7 Å². The molecule has 1 aromatic heterocycles. The van der Waals surface area contributed by atoms with E-state index >= 15 is 0 Å². The summed E-state index contributed by atoms with van der Waals surface area (Å²) in [7, 11) is 1.76. The number of aromatic amines is 1. The molecule has 98 valence electrons. The minimum absolute atomic E-state index is 0.0207. The molecule has 0 saturated heterocycles. The molecule has 1 aliphatic heterocycles. The predicted molar refractivity (Wildman–Crippen MR) is 69.6 cm³/mol. The van der Waals surface area contributed by atoms with E-state index in [1.165, 1.54) is 0 Å². The van der Waals surface area contributed by atoms with Gasteiger partial charge in [0.05, 0.1) is 6.54 Å². The van der Waals surface area contributed by atoms with Crippen molar-refractivity contribution in [3.8, 4) is 5.75 Å². The van der Waals surface area contributed by atoms with E-state index in [9.17, 15) is 4.79 Å². The molecular formula is C14H15N3O2. The van der Waals surface area contributed by atoms with E-state index in [1.807, 2.05) is 24.3 Å². The average molecular weight is 257 g/mol. The van der Waals surface area contributed by atoms with Crippen LogP contribution in [0.2, 0.25) is 0 Å². The summed E-state index contributed by atoms with van der Waals surface area (Å²) in [5, 5.41) is 0. The van der Waals surface area contributed by atoms with Crippen LogP contribution in [0.25, 0.3) is 0 Å². The van der Waals surface area contributed by atoms with Gasteiger partial charge in [0, 0.05) is 25.9 Å². The van der Waals surface area contributed by atoms with Crippen molar-refractivity contribution in [2.45, 2.75) is 19.1 Å². The number of hydrogen-bond acceptors (Lipinski definition) is 3. The van der Waals surface area contributed by atoms with Gasteiger partial charge < -0.3 is 14.6 Å². The molecular weight excluding hydrogens is 242 g/mol. The molecule has 0 bridgehead atoms. The second-order valence-corrected chi connectivity index (χ2v) is 4.65. The molecule has 1 aromatic carbocycles. The summed E-state index contributed by atoms with van der Waals surface area (Å²) in [5.74, 6) is 1.56. The summed E-state index contributed by atoms with van der Waals surface area (Å²) in [4.78, 5) is 21.0. The van der Waals surface area contributed by atoms with Crippen LogP contribution in [0.4, 0.5) is 0 Å². The molecule has 1 N–H and O–H groups in total. The van der Waals surface area contributed by atoms with Crippen LogP contribution >= 0.6 is 0 Å². The van der Waals surface area contributed by atoms with Crippen molar-refractivity contribution in [1.29, 1.82) is 0 Å². The summed E-state index contributed by atoms with van der Waals surface area (Å²) in [6.07, 6.45) is 3.64. The third-order valence-electron chi connectivity index (χ3n) is 3.24. The fourth-order valence-corrected chi connectivity index (χ4v) is 2.25. The lowest BCUT2D eigenvalue weighted by Gasteiger charge is -2.19. The maximum Gasteiger partial charge on any atom is 0.264 e. The highest BCUT2D eigenvalue weighted by molar-refractivity contribution is 5.82. The van der Waals surface area contributed by atoms with E-state index < -0.39 is 6.10 Å². The predicted octanol–water partition coefficient (Wildman–Crippen LogP) is 1.37. The zero-order chi connectivity index (χ0) is 13.2. The van der Waals surface area contributed by atoms with Crippen LogP contribution in [0, 0.1) is 0 Å². The van der Waals surface area contributed by atoms with E-state index in [0.717, 1.165) is 17.1 Å². The van der Waals surface area contributed by atoms with Crippen LogP contribution in [0.5, 0.6) is 5.75 Å². The number of ether oxygens (including phenoxy) is 1. The standard InChI is InChI=1S/C14H15N3O2/c1-17(9-13-15-6-7-16-13)14(18)12-8-10-4-2-3-5-11(10)19-12/h2-7,12H,8-9H2,1H3,(H,15,16). The Morgan fingerprint density at radius 3 is 3.11 bits per heavy atom. The van der Waals surface area contributed by atoms with Gasteiger partial charge in [0.25, 0.3) is 5.91 Å². The summed E-state index contributed by atoms with van der Waals surface area (Å²) in [6.45, 7) is 0.460. The molecule has 1 aliphatic rings. The SMILES string of the molecule is CN(Cc1ncc[nH]1)C(=O)C1Cc2ccccc2O1. The number of nitrogens with zero attached hydrogens (tertiary/aromatic N) is 2. The Hall–Kier alpha value is -2.30. The van der Waals surface area contributed by atoms with E-state index in [2.05, 4.69) is 9.97 Å². The van der Waals surface area contributed by atoms with Gasteiger partial charge in [-0.05, 0) is 11.6 Å². The second kappa shape index (κ2) is 4.76. The zero-order valence-corrected chi connectivity index (χ0v) is 10.7. The molecule has 1 atom stereocenters. The lowest BCUT2D eigenvalue weighted by Crippen LogP contribution is -2.38. The largest absolute Gasteiger partial charge is 0.480 e. The van der Waals surface area contributed by atoms with Gasteiger partial charge in [0.15, 0.2) is 6.10 Å². The molecule has 0 radical (unpaired) electrons. The van der Waals surface area contributed by atoms with E-state index in [4.69, 9.17) is 4.74 Å². The first-order chi connectivity index (χ1) is 9.24. The van der Waals surface area contributed by atoms with Gasteiger partial charge in [-0.25, -0.2) is 4.98 Å². The maximum atomic E-state index is 12.3. The number of benzene rings is 1. The van der Waals surface area contributed by atoms with Crippen molar-refractivity contribution in [3.63, 3.8) is 0 Å². The highest BCUT2D eigenvalue weighted by atomic mass is 16.5. The van der Waals surface area contributed by atoms with Crippen molar-refractivity contribution < 1.29 is 9.53 Å². The number of nitrogens with one attached hydrogen (secondary N) is 1. The Morgan fingerprint density at radius 1 is 1.53 bits per heavy atom. The smallest absolute Gasteiger partial charge is 0.264 e. The van der Waals surface area contributed by atoms with Crippen molar-refractivity contribution in [2.75, 3.05) is 7.05 Å². The van der Waals surface area contributed by atoms with Gasteiger partial charge in [0.2, 0.25) is 0 Å². The Morgan fingerprint density at radius 2 is 2.37 bits per heavy atom. The van der Waals surface area contributed by atoms with Crippen molar-refractivity contribution in [2.24, 2.45) is 0 Å². The normalized spacial score (nSPS) is 16.8. The van der Waals surface area contributed by atoms with Gasteiger partial charge in [-0.2, -0.15) is 0 Å². The van der Waals surface area contributed by atoms with Crippen LogP contribution in [0.3, 0.4) is 0 Å². The number of rotatable bonds is 3. The molecule has 5 nitrogen and oxygen atoms in total. The van der Waals surface area contributed by atoms with Crippen LogP contribution in [0.1, 0.15) is 11.4 Å². The quantitative estimate of drug-likeness (QED) is 0.903. The molecule has 2 aromatic rings. The number of fused-ring (bicyclic) bond motifs is 1. The van der Waals surface area contributed by atoms with Gasteiger partial charge in [-0.15, -0.1) is 0 Å². The number of amides is 1. The Bertz CT molecular complexity index is 555. The number of aromatic nitrogens is 2. The minimum Gasteiger partial charge on any atom is -0.480 e. The van der Waals surface area contributed by atoms with Gasteiger partial charge in [-0.3, -0.25) is 4.79 Å². The molecule has 19 heavy (non-hydrogen) atoms. The van der Waals surface area contributed by atoms with Gasteiger partial charge in [-0.1, -0.05) is 18.2 Å². The first-order valence-electron chi connectivity index (χ1n) is 6.22. The lowest BCUT2D eigenvalue weighted by molar-refractivity contribution is -0.137. The fraction of sp³-hybridized carbons (Fsp3) is 0.286. The molecule has 1 amide bonds. The number of carbonyl (C=O) groups excluding carboxylic acids is 1. The van der Waals surface area contributed by atoms with Gasteiger partial charge >= 0.3 is 0 Å². The van der Waals surface area contributed by atoms with E-state index in [1.54, 1.807) is 24.3 Å². The molecule has 1 unspecified atom stereocenters. The first-order valence-corrected chi connectivity index (χ1v) is 6.22. The number of H-pyrrole nitrogens is 1. The minimum atomic E-state index is -0.419. The third-order valence-corrected chi connectivity index (χ3v) is 3.24. The summed E-state index contributed by atoms with van der Waals surface area (Å²) < 4.78 is 5.69. The number of imidazole rings is 1. The molecule has 3 rings (SSSR count). The Balaban J connectivity index is 1.66. The average Bonchev–Trinajstić information content (AvgIpc) is 3.05. The molecule has 0 spiro atoms. The van der Waals surface area contributed by atoms with Crippen LogP contribution < -0.4 is 4.74 Å². The van der Waals surface area contributed by atoms with Crippen molar-refractivity contribution in [3.05, 3.63) is 48.0 Å². The van der Waals surface area contributed by atoms with Crippen LogP contribution in [-0.2, 0) is 17.8 Å². The molecule has 2 heterocycles. The fourth-order valence-electron chi connectivity index (χ4n) is 2.25. The first kappa shape index (κ1) is 11.8.